The van der Waals surface area contributed by atoms with Crippen LogP contribution in [-0.4, -0.2) is 30.0 Å². The molecule has 1 rings (SSSR count). The van der Waals surface area contributed by atoms with Crippen molar-refractivity contribution in [2.24, 2.45) is 0 Å². The van der Waals surface area contributed by atoms with Crippen LogP contribution in [0.15, 0.2) is 12.2 Å². The number of hydrogen-bond donors (Lipinski definition) is 2. The van der Waals surface area contributed by atoms with Gasteiger partial charge < -0.3 is 15.2 Å². The van der Waals surface area contributed by atoms with Crippen LogP contribution in [0.25, 0.3) is 0 Å². The summed E-state index contributed by atoms with van der Waals surface area (Å²) in [5.74, 6) is 0. The monoisotopic (exact) mass is 325 g/mol. The largest absolute Gasteiger partial charge is 0.440 e. The van der Waals surface area contributed by atoms with Crippen LogP contribution in [-0.2, 0) is 4.74 Å². The van der Waals surface area contributed by atoms with Gasteiger partial charge >= 0.3 is 6.09 Å². The molecule has 0 aromatic heterocycles. The van der Waals surface area contributed by atoms with E-state index in [0.29, 0.717) is 0 Å². The summed E-state index contributed by atoms with van der Waals surface area (Å²) >= 11 is 0. The summed E-state index contributed by atoms with van der Waals surface area (Å²) in [6.07, 6.45) is 19.1. The summed E-state index contributed by atoms with van der Waals surface area (Å²) in [6.45, 7) is 2.18. The highest BCUT2D eigenvalue weighted by Gasteiger charge is 2.31. The minimum Gasteiger partial charge on any atom is -0.440 e. The van der Waals surface area contributed by atoms with Gasteiger partial charge in [-0.1, -0.05) is 77.2 Å². The van der Waals surface area contributed by atoms with Gasteiger partial charge in [0.15, 0.2) is 0 Å². The molecule has 0 radical (unpaired) electrons. The van der Waals surface area contributed by atoms with E-state index in [1.807, 2.05) is 6.08 Å². The third-order valence-corrected chi connectivity index (χ3v) is 4.44. The molecule has 0 bridgehead atoms. The van der Waals surface area contributed by atoms with E-state index in [1.54, 1.807) is 0 Å². The smallest absolute Gasteiger partial charge is 0.408 e. The van der Waals surface area contributed by atoms with Crippen molar-refractivity contribution >= 4 is 6.09 Å². The van der Waals surface area contributed by atoms with E-state index in [1.165, 1.54) is 70.6 Å². The molecule has 0 aliphatic carbocycles. The SMILES string of the molecule is CCCCCCCCCCCCCC=C[C@H]1OC(=O)N[C@H]1CO. The molecule has 1 fully saturated rings. The Labute approximate surface area is 141 Å². The first kappa shape index (κ1) is 20.0. The Bertz CT molecular complexity index is 331. The number of carbonyl (C=O) groups excluding carboxylic acids is 1. The lowest BCUT2D eigenvalue weighted by molar-refractivity contribution is 0.143. The molecule has 1 amide bonds. The molecule has 2 N–H and O–H groups in total. The van der Waals surface area contributed by atoms with Crippen molar-refractivity contribution in [1.82, 2.24) is 5.32 Å². The van der Waals surface area contributed by atoms with E-state index in [-0.39, 0.29) is 18.8 Å². The van der Waals surface area contributed by atoms with Crippen LogP contribution in [0.4, 0.5) is 4.79 Å². The number of ether oxygens (including phenoxy) is 1. The van der Waals surface area contributed by atoms with E-state index >= 15 is 0 Å². The Hall–Kier alpha value is -1.03. The number of amides is 1. The van der Waals surface area contributed by atoms with Crippen molar-refractivity contribution in [1.29, 1.82) is 0 Å². The fourth-order valence-corrected chi connectivity index (χ4v) is 2.95. The van der Waals surface area contributed by atoms with Crippen LogP contribution in [0.3, 0.4) is 0 Å². The fraction of sp³-hybridized carbons (Fsp3) is 0.842. The Kier molecular flexibility index (Phi) is 11.7. The van der Waals surface area contributed by atoms with Crippen LogP contribution in [0.5, 0.6) is 0 Å². The average Bonchev–Trinajstić information content (AvgIpc) is 2.91. The van der Waals surface area contributed by atoms with Crippen molar-refractivity contribution in [3.8, 4) is 0 Å². The van der Waals surface area contributed by atoms with Crippen LogP contribution in [0.1, 0.15) is 84.0 Å². The molecule has 0 unspecified atom stereocenters. The predicted molar refractivity (Wildman–Crippen MR) is 94.5 cm³/mol. The van der Waals surface area contributed by atoms with E-state index in [9.17, 15) is 4.79 Å². The quantitative estimate of drug-likeness (QED) is 0.359. The maximum Gasteiger partial charge on any atom is 0.408 e. The van der Waals surface area contributed by atoms with Gasteiger partial charge in [0, 0.05) is 0 Å². The van der Waals surface area contributed by atoms with Gasteiger partial charge in [0.25, 0.3) is 0 Å². The zero-order valence-electron chi connectivity index (χ0n) is 14.8. The average molecular weight is 325 g/mol. The number of nitrogens with one attached hydrogen (secondary N) is 1. The summed E-state index contributed by atoms with van der Waals surface area (Å²) < 4.78 is 5.08. The van der Waals surface area contributed by atoms with E-state index in [0.717, 1.165) is 6.42 Å². The van der Waals surface area contributed by atoms with Gasteiger partial charge in [-0.15, -0.1) is 0 Å². The molecule has 4 nitrogen and oxygen atoms in total. The van der Waals surface area contributed by atoms with Crippen molar-refractivity contribution in [2.45, 2.75) is 96.1 Å². The normalized spacial score (nSPS) is 20.9. The highest BCUT2D eigenvalue weighted by Crippen LogP contribution is 2.13. The third-order valence-electron chi connectivity index (χ3n) is 4.44. The molecule has 23 heavy (non-hydrogen) atoms. The van der Waals surface area contributed by atoms with E-state index in [4.69, 9.17) is 9.84 Å². The number of carbonyl (C=O) groups is 1. The summed E-state index contributed by atoms with van der Waals surface area (Å²) in [5, 5.41) is 11.7. The number of hydrogen-bond acceptors (Lipinski definition) is 3. The van der Waals surface area contributed by atoms with Gasteiger partial charge in [-0.3, -0.25) is 0 Å². The second-order valence-electron chi connectivity index (χ2n) is 6.56. The minimum absolute atomic E-state index is 0.0841. The van der Waals surface area contributed by atoms with E-state index in [2.05, 4.69) is 18.3 Å². The Balaban J connectivity index is 1.88. The Morgan fingerprint density at radius 2 is 1.57 bits per heavy atom. The maximum absolute atomic E-state index is 11.1. The summed E-state index contributed by atoms with van der Waals surface area (Å²) in [5.41, 5.74) is 0. The highest BCUT2D eigenvalue weighted by molar-refractivity contribution is 5.70. The second kappa shape index (κ2) is 13.4. The van der Waals surface area contributed by atoms with E-state index < -0.39 is 6.09 Å². The second-order valence-corrected chi connectivity index (χ2v) is 6.56. The van der Waals surface area contributed by atoms with Crippen molar-refractivity contribution in [3.63, 3.8) is 0 Å². The summed E-state index contributed by atoms with van der Waals surface area (Å²) in [6, 6.07) is -0.295. The predicted octanol–water partition coefficient (Wildman–Crippen LogP) is 4.71. The lowest BCUT2D eigenvalue weighted by Crippen LogP contribution is -2.33. The van der Waals surface area contributed by atoms with Crippen LogP contribution >= 0.6 is 0 Å². The topological polar surface area (TPSA) is 58.6 Å². The number of aliphatic hydroxyl groups excluding tert-OH is 1. The molecule has 1 heterocycles. The molecule has 0 saturated carbocycles. The number of cyclic esters (lactones) is 1. The first-order valence-electron chi connectivity index (χ1n) is 9.52. The van der Waals surface area contributed by atoms with Crippen molar-refractivity contribution in [2.75, 3.05) is 6.61 Å². The number of aliphatic hydroxyl groups is 1. The lowest BCUT2D eigenvalue weighted by atomic mass is 10.0. The van der Waals surface area contributed by atoms with Gasteiger partial charge in [-0.25, -0.2) is 4.79 Å². The molecule has 0 aromatic rings. The van der Waals surface area contributed by atoms with Crippen molar-refractivity contribution in [3.05, 3.63) is 12.2 Å². The molecule has 2 atom stereocenters. The first-order chi connectivity index (χ1) is 11.3. The number of rotatable bonds is 14. The molecule has 1 aliphatic heterocycles. The highest BCUT2D eigenvalue weighted by atomic mass is 16.6. The summed E-state index contributed by atoms with van der Waals surface area (Å²) in [7, 11) is 0. The molecule has 0 spiro atoms. The summed E-state index contributed by atoms with van der Waals surface area (Å²) in [4.78, 5) is 11.1. The molecule has 0 aromatic carbocycles. The van der Waals surface area contributed by atoms with Crippen LogP contribution in [0, 0.1) is 0 Å². The molecule has 1 saturated heterocycles. The fourth-order valence-electron chi connectivity index (χ4n) is 2.95. The van der Waals surface area contributed by atoms with Gasteiger partial charge in [0.05, 0.1) is 12.6 Å². The molecule has 4 heteroatoms. The van der Waals surface area contributed by atoms with Gasteiger partial charge in [0.2, 0.25) is 0 Å². The minimum atomic E-state index is -0.437. The first-order valence-corrected chi connectivity index (χ1v) is 9.52. The number of unbranched alkanes of at least 4 members (excludes halogenated alkanes) is 11. The zero-order chi connectivity index (χ0) is 16.8. The molecular weight excluding hydrogens is 290 g/mol. The van der Waals surface area contributed by atoms with Crippen LogP contribution < -0.4 is 5.32 Å². The van der Waals surface area contributed by atoms with Crippen molar-refractivity contribution < 1.29 is 14.6 Å². The molecular formula is C19H35NO3. The van der Waals surface area contributed by atoms with Gasteiger partial charge in [-0.2, -0.15) is 0 Å². The zero-order valence-corrected chi connectivity index (χ0v) is 14.8. The number of alkyl carbamates (subject to hydrolysis) is 1. The number of allylic oxidation sites excluding steroid dienone is 1. The standard InChI is InChI=1S/C19H35NO3/c1-2-3-4-5-6-7-8-9-10-11-12-13-14-15-18-17(16-21)20-19(22)23-18/h14-15,17-18,21H,2-13,16H2,1H3,(H,20,22)/t17-,18+/m0/s1. The molecule has 134 valence electrons. The van der Waals surface area contributed by atoms with Gasteiger partial charge in [0.1, 0.15) is 6.10 Å². The Morgan fingerprint density at radius 3 is 2.13 bits per heavy atom. The third kappa shape index (κ3) is 9.65. The van der Waals surface area contributed by atoms with Gasteiger partial charge in [-0.05, 0) is 18.9 Å². The Morgan fingerprint density at radius 1 is 1.00 bits per heavy atom. The molecule has 1 aliphatic rings. The maximum atomic E-state index is 11.1. The lowest BCUT2D eigenvalue weighted by Gasteiger charge is -2.09. The van der Waals surface area contributed by atoms with Crippen LogP contribution in [0.2, 0.25) is 0 Å².